The number of H-pyrrole nitrogens is 1. The molecule has 1 saturated carbocycles. The smallest absolute Gasteiger partial charge is 0.251 e. The van der Waals surface area contributed by atoms with Crippen LogP contribution >= 0.6 is 0 Å². The number of aromatic nitrogens is 2. The van der Waals surface area contributed by atoms with E-state index in [2.05, 4.69) is 30.7 Å². The molecule has 0 aromatic carbocycles. The van der Waals surface area contributed by atoms with E-state index in [1.165, 1.54) is 18.9 Å². The molecule has 0 saturated heterocycles. The molecule has 1 N–H and O–H groups in total. The molecule has 1 aliphatic rings. The number of rotatable bonds is 3. The molecule has 1 aliphatic carbocycles. The monoisotopic (exact) mass is 278 g/mol. The summed E-state index contributed by atoms with van der Waals surface area (Å²) in [5.41, 5.74) is 1.04. The van der Waals surface area contributed by atoms with Crippen molar-refractivity contribution in [2.45, 2.75) is 59.0 Å². The van der Waals surface area contributed by atoms with Crippen LogP contribution in [0.15, 0.2) is 10.9 Å². The van der Waals surface area contributed by atoms with Gasteiger partial charge in [-0.05, 0) is 37.0 Å². The van der Waals surface area contributed by atoms with Gasteiger partial charge in [-0.1, -0.05) is 20.8 Å². The van der Waals surface area contributed by atoms with Crippen LogP contribution in [0, 0.1) is 11.3 Å². The molecule has 1 heterocycles. The Morgan fingerprint density at radius 1 is 1.30 bits per heavy atom. The van der Waals surface area contributed by atoms with Crippen molar-refractivity contribution in [1.29, 1.82) is 0 Å². The van der Waals surface area contributed by atoms with Crippen LogP contribution in [0.1, 0.15) is 63.9 Å². The fourth-order valence-electron chi connectivity index (χ4n) is 3.18. The van der Waals surface area contributed by atoms with Crippen LogP contribution in [-0.2, 0) is 11.3 Å². The van der Waals surface area contributed by atoms with Crippen LogP contribution < -0.4 is 5.56 Å². The molecule has 4 heteroatoms. The van der Waals surface area contributed by atoms with Gasteiger partial charge < -0.3 is 9.72 Å². The highest BCUT2D eigenvalue weighted by Gasteiger charge is 2.31. The largest absolute Gasteiger partial charge is 0.378 e. The summed E-state index contributed by atoms with van der Waals surface area (Å²) in [4.78, 5) is 19.2. The van der Waals surface area contributed by atoms with E-state index >= 15 is 0 Å². The third-order valence-electron chi connectivity index (χ3n) is 4.44. The number of hydrogen-bond acceptors (Lipinski definition) is 3. The van der Waals surface area contributed by atoms with Crippen molar-refractivity contribution in [3.05, 3.63) is 27.9 Å². The van der Waals surface area contributed by atoms with Gasteiger partial charge in [-0.2, -0.15) is 0 Å². The Labute approximate surface area is 121 Å². The van der Waals surface area contributed by atoms with Gasteiger partial charge in [0.15, 0.2) is 0 Å². The summed E-state index contributed by atoms with van der Waals surface area (Å²) in [5, 5.41) is 0. The van der Waals surface area contributed by atoms with Gasteiger partial charge in [-0.3, -0.25) is 4.79 Å². The lowest BCUT2D eigenvalue weighted by atomic mass is 9.69. The Morgan fingerprint density at radius 2 is 1.95 bits per heavy atom. The quantitative estimate of drug-likeness (QED) is 0.923. The van der Waals surface area contributed by atoms with Crippen LogP contribution in [0.3, 0.4) is 0 Å². The standard InChI is InChI=1S/C16H26N2O2/c1-16(2,3)12-7-5-11(6-8-12)15-17-13(10-20-4)9-14(19)18-15/h9,11-12H,5-8,10H2,1-4H3,(H,17,18,19). The molecule has 20 heavy (non-hydrogen) atoms. The molecule has 112 valence electrons. The lowest BCUT2D eigenvalue weighted by molar-refractivity contribution is 0.165. The molecule has 0 aliphatic heterocycles. The first-order chi connectivity index (χ1) is 9.40. The van der Waals surface area contributed by atoms with Gasteiger partial charge >= 0.3 is 0 Å². The average molecular weight is 278 g/mol. The lowest BCUT2D eigenvalue weighted by Crippen LogP contribution is -2.26. The van der Waals surface area contributed by atoms with E-state index in [0.717, 1.165) is 30.3 Å². The van der Waals surface area contributed by atoms with Crippen LogP contribution in [0.4, 0.5) is 0 Å². The van der Waals surface area contributed by atoms with Crippen molar-refractivity contribution < 1.29 is 4.74 Å². The fourth-order valence-corrected chi connectivity index (χ4v) is 3.18. The summed E-state index contributed by atoms with van der Waals surface area (Å²) in [6.07, 6.45) is 4.65. The van der Waals surface area contributed by atoms with Crippen molar-refractivity contribution in [2.75, 3.05) is 7.11 Å². The highest BCUT2D eigenvalue weighted by Crippen LogP contribution is 2.42. The zero-order chi connectivity index (χ0) is 14.8. The van der Waals surface area contributed by atoms with Gasteiger partial charge in [-0.15, -0.1) is 0 Å². The first kappa shape index (κ1) is 15.2. The van der Waals surface area contributed by atoms with Crippen LogP contribution in [0.2, 0.25) is 0 Å². The third kappa shape index (κ3) is 3.69. The molecule has 0 amide bonds. The van der Waals surface area contributed by atoms with E-state index < -0.39 is 0 Å². The zero-order valence-corrected chi connectivity index (χ0v) is 13.0. The summed E-state index contributed by atoms with van der Waals surface area (Å²) in [6.45, 7) is 7.35. The van der Waals surface area contributed by atoms with Gasteiger partial charge in [0, 0.05) is 19.1 Å². The summed E-state index contributed by atoms with van der Waals surface area (Å²) >= 11 is 0. The number of methoxy groups -OCH3 is 1. The summed E-state index contributed by atoms with van der Waals surface area (Å²) < 4.78 is 5.07. The van der Waals surface area contributed by atoms with E-state index in [0.29, 0.717) is 17.9 Å². The minimum Gasteiger partial charge on any atom is -0.378 e. The highest BCUT2D eigenvalue weighted by molar-refractivity contribution is 5.06. The number of nitrogens with zero attached hydrogens (tertiary/aromatic N) is 1. The second kappa shape index (κ2) is 6.08. The highest BCUT2D eigenvalue weighted by atomic mass is 16.5. The number of aromatic amines is 1. The molecule has 0 radical (unpaired) electrons. The van der Waals surface area contributed by atoms with Gasteiger partial charge in [0.25, 0.3) is 5.56 Å². The normalized spacial score (nSPS) is 23.8. The van der Waals surface area contributed by atoms with Gasteiger partial charge in [0.1, 0.15) is 5.82 Å². The van der Waals surface area contributed by atoms with E-state index in [-0.39, 0.29) is 5.56 Å². The molecule has 1 fully saturated rings. The summed E-state index contributed by atoms with van der Waals surface area (Å²) in [7, 11) is 1.62. The molecule has 2 rings (SSSR count). The van der Waals surface area contributed by atoms with Crippen molar-refractivity contribution in [2.24, 2.45) is 11.3 Å². The molecule has 0 unspecified atom stereocenters. The molecule has 0 bridgehead atoms. The first-order valence-electron chi connectivity index (χ1n) is 7.49. The number of hydrogen-bond donors (Lipinski definition) is 1. The molecule has 4 nitrogen and oxygen atoms in total. The Hall–Kier alpha value is -1.16. The average Bonchev–Trinajstić information content (AvgIpc) is 2.37. The topological polar surface area (TPSA) is 55.0 Å². The van der Waals surface area contributed by atoms with E-state index in [4.69, 9.17) is 4.74 Å². The Balaban J connectivity index is 2.09. The van der Waals surface area contributed by atoms with Gasteiger partial charge in [0.2, 0.25) is 0 Å². The molecule has 0 atom stereocenters. The van der Waals surface area contributed by atoms with Crippen molar-refractivity contribution in [1.82, 2.24) is 9.97 Å². The first-order valence-corrected chi connectivity index (χ1v) is 7.49. The van der Waals surface area contributed by atoms with E-state index in [1.807, 2.05) is 0 Å². The predicted molar refractivity (Wildman–Crippen MR) is 79.7 cm³/mol. The van der Waals surface area contributed by atoms with Crippen molar-refractivity contribution >= 4 is 0 Å². The molecular weight excluding hydrogens is 252 g/mol. The second-order valence-electron chi connectivity index (χ2n) is 6.97. The minimum absolute atomic E-state index is 0.0694. The Morgan fingerprint density at radius 3 is 2.50 bits per heavy atom. The molecule has 1 aromatic heterocycles. The van der Waals surface area contributed by atoms with Gasteiger partial charge in [0.05, 0.1) is 12.3 Å². The predicted octanol–water partition coefficient (Wildman–Crippen LogP) is 3.24. The third-order valence-corrected chi connectivity index (χ3v) is 4.44. The van der Waals surface area contributed by atoms with E-state index in [1.54, 1.807) is 7.11 Å². The van der Waals surface area contributed by atoms with E-state index in [9.17, 15) is 4.79 Å². The van der Waals surface area contributed by atoms with Crippen molar-refractivity contribution in [3.8, 4) is 0 Å². The number of ether oxygens (including phenoxy) is 1. The number of nitrogens with one attached hydrogen (secondary N) is 1. The summed E-state index contributed by atoms with van der Waals surface area (Å²) in [5.74, 6) is 2.00. The maximum absolute atomic E-state index is 11.7. The Kier molecular flexibility index (Phi) is 4.63. The maximum atomic E-state index is 11.7. The molecular formula is C16H26N2O2. The second-order valence-corrected chi connectivity index (χ2v) is 6.97. The molecule has 0 spiro atoms. The minimum atomic E-state index is -0.0694. The van der Waals surface area contributed by atoms with Crippen LogP contribution in [0.25, 0.3) is 0 Å². The Bertz CT molecular complexity index is 494. The molecule has 1 aromatic rings. The van der Waals surface area contributed by atoms with Crippen molar-refractivity contribution in [3.63, 3.8) is 0 Å². The maximum Gasteiger partial charge on any atom is 0.251 e. The summed E-state index contributed by atoms with van der Waals surface area (Å²) in [6, 6.07) is 1.52. The lowest BCUT2D eigenvalue weighted by Gasteiger charge is -2.36. The van der Waals surface area contributed by atoms with Crippen LogP contribution in [-0.4, -0.2) is 17.1 Å². The van der Waals surface area contributed by atoms with Crippen LogP contribution in [0.5, 0.6) is 0 Å². The zero-order valence-electron chi connectivity index (χ0n) is 13.0. The SMILES string of the molecule is COCc1cc(=O)[nH]c(C2CCC(C(C)(C)C)CC2)n1. The van der Waals surface area contributed by atoms with Gasteiger partial charge in [-0.25, -0.2) is 4.98 Å². The fraction of sp³-hybridized carbons (Fsp3) is 0.750.